The lowest BCUT2D eigenvalue weighted by atomic mass is 10.2. The first-order valence-corrected chi connectivity index (χ1v) is 4.18. The van der Waals surface area contributed by atoms with Gasteiger partial charge >= 0.3 is 0 Å². The van der Waals surface area contributed by atoms with Gasteiger partial charge in [-0.05, 0) is 19.3 Å². The van der Waals surface area contributed by atoms with E-state index in [1.54, 1.807) is 0 Å². The lowest BCUT2D eigenvalue weighted by Crippen LogP contribution is -2.18. The molecule has 3 heteroatoms. The van der Waals surface area contributed by atoms with Gasteiger partial charge in [-0.25, -0.2) is 0 Å². The molecule has 3 nitrogen and oxygen atoms in total. The Morgan fingerprint density at radius 3 is 2.55 bits per heavy atom. The summed E-state index contributed by atoms with van der Waals surface area (Å²) >= 11 is 0. The molecular formula is C8H18O3. The highest BCUT2D eigenvalue weighted by Crippen LogP contribution is 2.01. The van der Waals surface area contributed by atoms with Crippen molar-refractivity contribution in [2.24, 2.45) is 0 Å². The Hall–Kier alpha value is -0.120. The van der Waals surface area contributed by atoms with Gasteiger partial charge in [0.1, 0.15) is 0 Å². The number of aliphatic hydroxyl groups is 2. The van der Waals surface area contributed by atoms with Gasteiger partial charge < -0.3 is 14.9 Å². The highest BCUT2D eigenvalue weighted by Gasteiger charge is 2.05. The molecule has 68 valence electrons. The van der Waals surface area contributed by atoms with Crippen LogP contribution in [0.2, 0.25) is 0 Å². The largest absolute Gasteiger partial charge is 0.396 e. The summed E-state index contributed by atoms with van der Waals surface area (Å²) in [4.78, 5) is 0. The van der Waals surface area contributed by atoms with E-state index < -0.39 is 0 Å². The second kappa shape index (κ2) is 7.98. The van der Waals surface area contributed by atoms with Crippen molar-refractivity contribution >= 4 is 0 Å². The van der Waals surface area contributed by atoms with Crippen LogP contribution >= 0.6 is 0 Å². The minimum absolute atomic E-state index is 0.0556. The van der Waals surface area contributed by atoms with Crippen LogP contribution in [0.5, 0.6) is 0 Å². The van der Waals surface area contributed by atoms with Crippen LogP contribution in [0.4, 0.5) is 0 Å². The molecule has 0 amide bonds. The van der Waals surface area contributed by atoms with Crippen LogP contribution in [-0.4, -0.2) is 36.1 Å². The molecule has 0 saturated heterocycles. The van der Waals surface area contributed by atoms with Gasteiger partial charge in [0.2, 0.25) is 0 Å². The maximum atomic E-state index is 8.77. The first-order valence-electron chi connectivity index (χ1n) is 4.18. The summed E-state index contributed by atoms with van der Waals surface area (Å²) in [6.07, 6.45) is 2.33. The first-order chi connectivity index (χ1) is 5.35. The Kier molecular flexibility index (Phi) is 7.89. The highest BCUT2D eigenvalue weighted by atomic mass is 16.5. The van der Waals surface area contributed by atoms with Gasteiger partial charge in [-0.15, -0.1) is 0 Å². The maximum Gasteiger partial charge on any atom is 0.0806 e. The lowest BCUT2D eigenvalue weighted by molar-refractivity contribution is 0.00510. The second-order valence-corrected chi connectivity index (χ2v) is 2.54. The number of hydrogen-bond acceptors (Lipinski definition) is 3. The van der Waals surface area contributed by atoms with E-state index in [1.807, 2.05) is 6.92 Å². The summed E-state index contributed by atoms with van der Waals surface area (Å²) in [6, 6.07) is 0. The summed E-state index contributed by atoms with van der Waals surface area (Å²) in [6.45, 7) is 2.95. The van der Waals surface area contributed by atoms with Crippen molar-refractivity contribution < 1.29 is 14.9 Å². The molecular weight excluding hydrogens is 144 g/mol. The molecule has 11 heavy (non-hydrogen) atoms. The van der Waals surface area contributed by atoms with Crippen molar-refractivity contribution in [1.82, 2.24) is 0 Å². The Morgan fingerprint density at radius 1 is 1.36 bits per heavy atom. The number of aliphatic hydroxyl groups excluding tert-OH is 2. The van der Waals surface area contributed by atoms with Crippen molar-refractivity contribution in [3.8, 4) is 0 Å². The summed E-state index contributed by atoms with van der Waals surface area (Å²) in [7, 11) is 0. The van der Waals surface area contributed by atoms with Crippen LogP contribution in [0.25, 0.3) is 0 Å². The Balaban J connectivity index is 3.25. The Labute approximate surface area is 68.0 Å². The second-order valence-electron chi connectivity index (χ2n) is 2.54. The van der Waals surface area contributed by atoms with Crippen LogP contribution < -0.4 is 0 Å². The van der Waals surface area contributed by atoms with E-state index in [-0.39, 0.29) is 19.3 Å². The molecule has 0 aromatic rings. The smallest absolute Gasteiger partial charge is 0.0806 e. The molecule has 0 heterocycles. The SMILES string of the molecule is CCCOC(CO)CCCO. The van der Waals surface area contributed by atoms with Crippen LogP contribution in [0.3, 0.4) is 0 Å². The predicted octanol–water partition coefficient (Wildman–Crippen LogP) is 0.546. The van der Waals surface area contributed by atoms with E-state index >= 15 is 0 Å². The number of hydrogen-bond donors (Lipinski definition) is 2. The van der Waals surface area contributed by atoms with Gasteiger partial charge in [0, 0.05) is 13.2 Å². The van der Waals surface area contributed by atoms with E-state index in [0.29, 0.717) is 13.0 Å². The molecule has 0 bridgehead atoms. The zero-order valence-electron chi connectivity index (χ0n) is 7.12. The van der Waals surface area contributed by atoms with Gasteiger partial charge in [0.15, 0.2) is 0 Å². The fourth-order valence-electron chi connectivity index (χ4n) is 0.831. The standard InChI is InChI=1S/C8H18O3/c1-2-6-11-8(7-10)4-3-5-9/h8-10H,2-7H2,1H3. The molecule has 0 aromatic carbocycles. The van der Waals surface area contributed by atoms with Crippen LogP contribution in [0, 0.1) is 0 Å². The van der Waals surface area contributed by atoms with Gasteiger partial charge in [-0.1, -0.05) is 6.92 Å². The predicted molar refractivity (Wildman–Crippen MR) is 43.4 cm³/mol. The monoisotopic (exact) mass is 162 g/mol. The molecule has 0 aliphatic rings. The van der Waals surface area contributed by atoms with E-state index in [0.717, 1.165) is 12.8 Å². The maximum absolute atomic E-state index is 8.77. The normalized spacial score (nSPS) is 13.4. The summed E-state index contributed by atoms with van der Waals surface area (Å²) in [5, 5.41) is 17.3. The van der Waals surface area contributed by atoms with Gasteiger partial charge in [-0.3, -0.25) is 0 Å². The number of rotatable bonds is 7. The average molecular weight is 162 g/mol. The fourth-order valence-corrected chi connectivity index (χ4v) is 0.831. The van der Waals surface area contributed by atoms with Crippen molar-refractivity contribution in [3.63, 3.8) is 0 Å². The molecule has 0 aliphatic carbocycles. The van der Waals surface area contributed by atoms with Crippen LogP contribution in [-0.2, 0) is 4.74 Å². The Bertz CT molecular complexity index is 67.7. The van der Waals surface area contributed by atoms with E-state index in [1.165, 1.54) is 0 Å². The third-order valence-corrected chi connectivity index (χ3v) is 1.45. The van der Waals surface area contributed by atoms with Crippen molar-refractivity contribution in [2.75, 3.05) is 19.8 Å². The van der Waals surface area contributed by atoms with E-state index in [2.05, 4.69) is 0 Å². The zero-order valence-corrected chi connectivity index (χ0v) is 7.12. The highest BCUT2D eigenvalue weighted by molar-refractivity contribution is 4.54. The molecule has 0 aromatic heterocycles. The van der Waals surface area contributed by atoms with Gasteiger partial charge in [-0.2, -0.15) is 0 Å². The van der Waals surface area contributed by atoms with E-state index in [4.69, 9.17) is 14.9 Å². The molecule has 0 radical (unpaired) electrons. The molecule has 2 N–H and O–H groups in total. The summed E-state index contributed by atoms with van der Waals surface area (Å²) in [5.74, 6) is 0. The molecule has 0 aliphatic heterocycles. The fraction of sp³-hybridized carbons (Fsp3) is 1.00. The Morgan fingerprint density at radius 2 is 2.09 bits per heavy atom. The van der Waals surface area contributed by atoms with E-state index in [9.17, 15) is 0 Å². The minimum Gasteiger partial charge on any atom is -0.396 e. The summed E-state index contributed by atoms with van der Waals surface area (Å²) < 4.78 is 5.28. The molecule has 1 unspecified atom stereocenters. The molecule has 0 fully saturated rings. The average Bonchev–Trinajstić information content (AvgIpc) is 2.05. The lowest BCUT2D eigenvalue weighted by Gasteiger charge is -2.13. The van der Waals surface area contributed by atoms with Crippen molar-refractivity contribution in [2.45, 2.75) is 32.3 Å². The first kappa shape index (κ1) is 10.9. The van der Waals surface area contributed by atoms with Crippen molar-refractivity contribution in [3.05, 3.63) is 0 Å². The van der Waals surface area contributed by atoms with Crippen LogP contribution in [0.1, 0.15) is 26.2 Å². The quantitative estimate of drug-likeness (QED) is 0.574. The topological polar surface area (TPSA) is 49.7 Å². The van der Waals surface area contributed by atoms with Crippen LogP contribution in [0.15, 0.2) is 0 Å². The van der Waals surface area contributed by atoms with Gasteiger partial charge in [0.05, 0.1) is 12.7 Å². The van der Waals surface area contributed by atoms with Gasteiger partial charge in [0.25, 0.3) is 0 Å². The molecule has 0 saturated carbocycles. The van der Waals surface area contributed by atoms with Crippen molar-refractivity contribution in [1.29, 1.82) is 0 Å². The third-order valence-electron chi connectivity index (χ3n) is 1.45. The third kappa shape index (κ3) is 6.28. The molecule has 0 rings (SSSR count). The number of ether oxygens (including phenoxy) is 1. The minimum atomic E-state index is -0.0814. The molecule has 0 spiro atoms. The zero-order chi connectivity index (χ0) is 8.53. The molecule has 1 atom stereocenters. The summed E-state index contributed by atoms with van der Waals surface area (Å²) in [5.41, 5.74) is 0.